The van der Waals surface area contributed by atoms with E-state index < -0.39 is 0 Å². The molecule has 2 aromatic rings. The Labute approximate surface area is 156 Å². The van der Waals surface area contributed by atoms with Crippen molar-refractivity contribution in [2.75, 3.05) is 18.9 Å². The Morgan fingerprint density at radius 1 is 1.20 bits per heavy atom. The van der Waals surface area contributed by atoms with Crippen molar-refractivity contribution >= 4 is 22.9 Å². The van der Waals surface area contributed by atoms with Crippen molar-refractivity contribution in [3.05, 3.63) is 60.4 Å². The molecule has 0 radical (unpaired) electrons. The van der Waals surface area contributed by atoms with E-state index in [0.717, 1.165) is 24.4 Å². The molecule has 25 heavy (non-hydrogen) atoms. The van der Waals surface area contributed by atoms with Crippen molar-refractivity contribution < 1.29 is 0 Å². The molecule has 0 saturated heterocycles. The maximum Gasteiger partial charge on any atom is 0.0861 e. The van der Waals surface area contributed by atoms with Crippen LogP contribution < -0.4 is 10.6 Å². The molecule has 1 aliphatic carbocycles. The number of para-hydroxylation sites is 1. The van der Waals surface area contributed by atoms with Gasteiger partial charge in [-0.3, -0.25) is 4.98 Å². The van der Waals surface area contributed by atoms with Gasteiger partial charge in [0.05, 0.1) is 4.99 Å². The Bertz CT molecular complexity index is 674. The van der Waals surface area contributed by atoms with E-state index >= 15 is 0 Å². The first-order valence-corrected chi connectivity index (χ1v) is 9.60. The average Bonchev–Trinajstić information content (AvgIpc) is 2.69. The first-order valence-electron chi connectivity index (χ1n) is 9.19. The molecule has 4 heteroatoms. The van der Waals surface area contributed by atoms with Gasteiger partial charge in [0.1, 0.15) is 0 Å². The summed E-state index contributed by atoms with van der Waals surface area (Å²) in [5.74, 6) is 0.529. The Kier molecular flexibility index (Phi) is 6.03. The van der Waals surface area contributed by atoms with E-state index in [1.165, 1.54) is 30.5 Å². The fourth-order valence-electron chi connectivity index (χ4n) is 4.24. The van der Waals surface area contributed by atoms with Crippen LogP contribution >= 0.6 is 12.2 Å². The second kappa shape index (κ2) is 8.43. The summed E-state index contributed by atoms with van der Waals surface area (Å²) in [6, 6.07) is 14.6. The monoisotopic (exact) mass is 353 g/mol. The summed E-state index contributed by atoms with van der Waals surface area (Å²) < 4.78 is 0. The number of aromatic nitrogens is 1. The molecule has 1 fully saturated rings. The fraction of sp³-hybridized carbons (Fsp3) is 0.429. The summed E-state index contributed by atoms with van der Waals surface area (Å²) in [6.07, 6.45) is 9.78. The second-order valence-corrected chi connectivity index (χ2v) is 7.22. The number of thiocarbonyl (C=S) groups is 1. The van der Waals surface area contributed by atoms with Crippen LogP contribution in [-0.2, 0) is 5.41 Å². The molecule has 0 aliphatic heterocycles. The quantitative estimate of drug-likeness (QED) is 0.747. The molecule has 0 spiro atoms. The number of rotatable bonds is 6. The van der Waals surface area contributed by atoms with Crippen molar-refractivity contribution in [2.24, 2.45) is 5.92 Å². The lowest BCUT2D eigenvalue weighted by Crippen LogP contribution is -2.49. The van der Waals surface area contributed by atoms with Gasteiger partial charge in [-0.15, -0.1) is 0 Å². The van der Waals surface area contributed by atoms with Crippen LogP contribution in [-0.4, -0.2) is 23.6 Å². The number of anilines is 1. The van der Waals surface area contributed by atoms with Crippen molar-refractivity contribution in [1.82, 2.24) is 10.3 Å². The molecule has 1 saturated carbocycles. The molecule has 1 aromatic carbocycles. The van der Waals surface area contributed by atoms with Crippen LogP contribution in [0.3, 0.4) is 0 Å². The van der Waals surface area contributed by atoms with Crippen molar-refractivity contribution in [2.45, 2.75) is 37.5 Å². The van der Waals surface area contributed by atoms with Gasteiger partial charge in [-0.2, -0.15) is 0 Å². The highest BCUT2D eigenvalue weighted by atomic mass is 32.1. The second-order valence-electron chi connectivity index (χ2n) is 6.82. The van der Waals surface area contributed by atoms with Gasteiger partial charge in [0.25, 0.3) is 0 Å². The number of likely N-dealkylation sites (N-methyl/N-ethyl adjacent to an activating group) is 1. The molecule has 0 bridgehead atoms. The molecule has 3 rings (SSSR count). The predicted molar refractivity (Wildman–Crippen MR) is 109 cm³/mol. The number of nitrogens with one attached hydrogen (secondary N) is 2. The number of hydrogen-bond donors (Lipinski definition) is 2. The van der Waals surface area contributed by atoms with Gasteiger partial charge in [0.2, 0.25) is 0 Å². The summed E-state index contributed by atoms with van der Waals surface area (Å²) in [5, 5.41) is 6.85. The Hall–Kier alpha value is -1.94. The SMILES string of the molecule is CNC(=S)[C@@]1(c2cccnc2)CCCC[C@@H]1CCNc1ccccc1. The third-order valence-corrected chi connectivity index (χ3v) is 6.04. The zero-order chi connectivity index (χ0) is 17.5. The van der Waals surface area contributed by atoms with E-state index in [1.54, 1.807) is 0 Å². The summed E-state index contributed by atoms with van der Waals surface area (Å²) in [7, 11) is 1.95. The van der Waals surface area contributed by atoms with Crippen molar-refractivity contribution in [1.29, 1.82) is 0 Å². The van der Waals surface area contributed by atoms with E-state index in [0.29, 0.717) is 5.92 Å². The Balaban J connectivity index is 1.80. The van der Waals surface area contributed by atoms with E-state index in [4.69, 9.17) is 12.2 Å². The molecular formula is C21H27N3S. The molecule has 2 N–H and O–H groups in total. The first kappa shape index (κ1) is 17.9. The fourth-order valence-corrected chi connectivity index (χ4v) is 4.63. The highest BCUT2D eigenvalue weighted by molar-refractivity contribution is 7.80. The minimum absolute atomic E-state index is 0.0883. The maximum absolute atomic E-state index is 5.83. The van der Waals surface area contributed by atoms with Gasteiger partial charge >= 0.3 is 0 Å². The van der Waals surface area contributed by atoms with Gasteiger partial charge in [-0.1, -0.05) is 49.3 Å². The maximum atomic E-state index is 5.83. The molecule has 1 heterocycles. The highest BCUT2D eigenvalue weighted by Gasteiger charge is 2.45. The first-order chi connectivity index (χ1) is 12.3. The third-order valence-electron chi connectivity index (χ3n) is 5.48. The van der Waals surface area contributed by atoms with Gasteiger partial charge in [-0.25, -0.2) is 0 Å². The van der Waals surface area contributed by atoms with Crippen LogP contribution in [0.2, 0.25) is 0 Å². The topological polar surface area (TPSA) is 37.0 Å². The normalized spacial score (nSPS) is 23.0. The zero-order valence-electron chi connectivity index (χ0n) is 14.9. The smallest absolute Gasteiger partial charge is 0.0861 e. The van der Waals surface area contributed by atoms with Gasteiger partial charge in [0, 0.05) is 37.1 Å². The summed E-state index contributed by atoms with van der Waals surface area (Å²) in [5.41, 5.74) is 2.36. The van der Waals surface area contributed by atoms with Crippen LogP contribution in [0.25, 0.3) is 0 Å². The number of hydrogen-bond acceptors (Lipinski definition) is 3. The van der Waals surface area contributed by atoms with Gasteiger partial charge in [0.15, 0.2) is 0 Å². The van der Waals surface area contributed by atoms with E-state index in [-0.39, 0.29) is 5.41 Å². The van der Waals surface area contributed by atoms with Gasteiger partial charge in [-0.05, 0) is 48.9 Å². The Morgan fingerprint density at radius 3 is 2.76 bits per heavy atom. The number of benzene rings is 1. The lowest BCUT2D eigenvalue weighted by Gasteiger charge is -2.45. The summed E-state index contributed by atoms with van der Waals surface area (Å²) in [4.78, 5) is 5.34. The minimum atomic E-state index is -0.0883. The van der Waals surface area contributed by atoms with Crippen molar-refractivity contribution in [3.63, 3.8) is 0 Å². The summed E-state index contributed by atoms with van der Waals surface area (Å²) in [6.45, 7) is 0.961. The minimum Gasteiger partial charge on any atom is -0.385 e. The number of pyridine rings is 1. The van der Waals surface area contributed by atoms with E-state index in [1.807, 2.05) is 31.6 Å². The van der Waals surface area contributed by atoms with Crippen LogP contribution in [0.1, 0.15) is 37.7 Å². The zero-order valence-corrected chi connectivity index (χ0v) is 15.7. The highest BCUT2D eigenvalue weighted by Crippen LogP contribution is 2.46. The van der Waals surface area contributed by atoms with E-state index in [9.17, 15) is 0 Å². The largest absolute Gasteiger partial charge is 0.385 e. The van der Waals surface area contributed by atoms with E-state index in [2.05, 4.69) is 45.9 Å². The molecule has 0 unspecified atom stereocenters. The molecular weight excluding hydrogens is 326 g/mol. The molecule has 0 amide bonds. The van der Waals surface area contributed by atoms with Crippen LogP contribution in [0.4, 0.5) is 5.69 Å². The third kappa shape index (κ3) is 3.84. The van der Waals surface area contributed by atoms with Crippen molar-refractivity contribution in [3.8, 4) is 0 Å². The van der Waals surface area contributed by atoms with Crippen LogP contribution in [0.5, 0.6) is 0 Å². The Morgan fingerprint density at radius 2 is 2.04 bits per heavy atom. The molecule has 132 valence electrons. The lowest BCUT2D eigenvalue weighted by atomic mass is 9.61. The van der Waals surface area contributed by atoms with Crippen LogP contribution in [0, 0.1) is 5.92 Å². The average molecular weight is 354 g/mol. The molecule has 1 aliphatic rings. The predicted octanol–water partition coefficient (Wildman–Crippen LogP) is 4.56. The summed E-state index contributed by atoms with van der Waals surface area (Å²) >= 11 is 5.83. The molecule has 2 atom stereocenters. The van der Waals surface area contributed by atoms with Gasteiger partial charge < -0.3 is 10.6 Å². The molecule has 3 nitrogen and oxygen atoms in total. The molecule has 1 aromatic heterocycles. The number of nitrogens with zero attached hydrogens (tertiary/aromatic N) is 1. The van der Waals surface area contributed by atoms with Crippen LogP contribution in [0.15, 0.2) is 54.9 Å². The lowest BCUT2D eigenvalue weighted by molar-refractivity contribution is 0.242. The standard InChI is InChI=1S/C21H27N3S/c1-22-20(25)21(18-9-7-14-23-16-18)13-6-5-8-17(21)12-15-24-19-10-3-2-4-11-19/h2-4,7,9-11,14,16-17,24H,5-6,8,12-13,15H2,1H3,(H,22,25)/t17-,21+/m1/s1.